The fraction of sp³-hybridized carbons (Fsp3) is 0.176. The molecule has 1 N–H and O–H groups in total. The summed E-state index contributed by atoms with van der Waals surface area (Å²) in [6.07, 6.45) is 4.67. The standard InChI is InChI=1S/C17H17N3/c1-2-13-7-5-10-18-16(13)12-20-17-15-8-4-3-6-14(15)9-11-19-17/h3-11H,2,12H2,1H3,(H,19,20). The van der Waals surface area contributed by atoms with Gasteiger partial charge in [0.1, 0.15) is 5.82 Å². The predicted octanol–water partition coefficient (Wildman–Crippen LogP) is 3.80. The van der Waals surface area contributed by atoms with Gasteiger partial charge in [0.05, 0.1) is 12.2 Å². The molecule has 2 aromatic heterocycles. The van der Waals surface area contributed by atoms with Crippen molar-refractivity contribution in [3.05, 3.63) is 66.1 Å². The number of nitrogens with one attached hydrogen (secondary N) is 1. The van der Waals surface area contributed by atoms with Crippen molar-refractivity contribution >= 4 is 16.6 Å². The predicted molar refractivity (Wildman–Crippen MR) is 82.7 cm³/mol. The second-order valence-corrected chi connectivity index (χ2v) is 4.70. The number of hydrogen-bond donors (Lipinski definition) is 1. The van der Waals surface area contributed by atoms with Crippen LogP contribution < -0.4 is 5.32 Å². The van der Waals surface area contributed by atoms with Gasteiger partial charge in [-0.2, -0.15) is 0 Å². The molecule has 100 valence electrons. The maximum Gasteiger partial charge on any atom is 0.134 e. The Morgan fingerprint density at radius 2 is 1.85 bits per heavy atom. The van der Waals surface area contributed by atoms with Gasteiger partial charge < -0.3 is 5.32 Å². The molecule has 0 atom stereocenters. The average Bonchev–Trinajstić information content (AvgIpc) is 2.53. The van der Waals surface area contributed by atoms with E-state index < -0.39 is 0 Å². The Balaban J connectivity index is 1.87. The molecular formula is C17H17N3. The fourth-order valence-electron chi connectivity index (χ4n) is 2.38. The molecule has 0 amide bonds. The van der Waals surface area contributed by atoms with Crippen LogP contribution in [-0.2, 0) is 13.0 Å². The molecule has 3 aromatic rings. The Morgan fingerprint density at radius 3 is 2.75 bits per heavy atom. The van der Waals surface area contributed by atoms with Crippen molar-refractivity contribution in [2.45, 2.75) is 19.9 Å². The number of aryl methyl sites for hydroxylation is 1. The highest BCUT2D eigenvalue weighted by molar-refractivity contribution is 5.91. The molecular weight excluding hydrogens is 246 g/mol. The lowest BCUT2D eigenvalue weighted by atomic mass is 10.1. The van der Waals surface area contributed by atoms with E-state index in [4.69, 9.17) is 0 Å². The summed E-state index contributed by atoms with van der Waals surface area (Å²) < 4.78 is 0. The van der Waals surface area contributed by atoms with Gasteiger partial charge in [0.25, 0.3) is 0 Å². The van der Waals surface area contributed by atoms with Crippen molar-refractivity contribution < 1.29 is 0 Å². The zero-order valence-corrected chi connectivity index (χ0v) is 11.5. The molecule has 3 rings (SSSR count). The molecule has 3 heteroatoms. The molecule has 0 fully saturated rings. The van der Waals surface area contributed by atoms with E-state index in [1.807, 2.05) is 36.7 Å². The highest BCUT2D eigenvalue weighted by atomic mass is 15.0. The largest absolute Gasteiger partial charge is 0.364 e. The molecule has 2 heterocycles. The van der Waals surface area contributed by atoms with Crippen LogP contribution in [0.15, 0.2) is 54.9 Å². The van der Waals surface area contributed by atoms with Crippen LogP contribution in [-0.4, -0.2) is 9.97 Å². The Hall–Kier alpha value is -2.42. The molecule has 20 heavy (non-hydrogen) atoms. The van der Waals surface area contributed by atoms with Gasteiger partial charge in [-0.1, -0.05) is 37.3 Å². The second kappa shape index (κ2) is 5.70. The van der Waals surface area contributed by atoms with Gasteiger partial charge in [-0.15, -0.1) is 0 Å². The number of hydrogen-bond acceptors (Lipinski definition) is 3. The highest BCUT2D eigenvalue weighted by Gasteiger charge is 2.04. The molecule has 1 aromatic carbocycles. The summed E-state index contributed by atoms with van der Waals surface area (Å²) in [6.45, 7) is 2.85. The first-order valence-electron chi connectivity index (χ1n) is 6.89. The number of rotatable bonds is 4. The van der Waals surface area contributed by atoms with Crippen LogP contribution in [0.4, 0.5) is 5.82 Å². The first-order valence-corrected chi connectivity index (χ1v) is 6.89. The van der Waals surface area contributed by atoms with Crippen molar-refractivity contribution in [1.29, 1.82) is 0 Å². The second-order valence-electron chi connectivity index (χ2n) is 4.70. The lowest BCUT2D eigenvalue weighted by Gasteiger charge is -2.10. The van der Waals surface area contributed by atoms with Crippen LogP contribution in [0.1, 0.15) is 18.2 Å². The number of nitrogens with zero attached hydrogens (tertiary/aromatic N) is 2. The smallest absolute Gasteiger partial charge is 0.134 e. The van der Waals surface area contributed by atoms with Crippen LogP contribution in [0.3, 0.4) is 0 Å². The molecule has 0 radical (unpaired) electrons. The Morgan fingerprint density at radius 1 is 0.950 bits per heavy atom. The van der Waals surface area contributed by atoms with Gasteiger partial charge in [0.15, 0.2) is 0 Å². The summed E-state index contributed by atoms with van der Waals surface area (Å²) in [6, 6.07) is 14.4. The highest BCUT2D eigenvalue weighted by Crippen LogP contribution is 2.21. The molecule has 0 unspecified atom stereocenters. The topological polar surface area (TPSA) is 37.8 Å². The van der Waals surface area contributed by atoms with Crippen LogP contribution in [0.25, 0.3) is 10.8 Å². The number of anilines is 1. The van der Waals surface area contributed by atoms with Gasteiger partial charge in [0, 0.05) is 17.8 Å². The third-order valence-corrected chi connectivity index (χ3v) is 3.46. The van der Waals surface area contributed by atoms with Crippen LogP contribution in [0.2, 0.25) is 0 Å². The lowest BCUT2D eigenvalue weighted by molar-refractivity contribution is 0.967. The minimum atomic E-state index is 0.699. The molecule has 0 aliphatic heterocycles. The monoisotopic (exact) mass is 263 g/mol. The minimum Gasteiger partial charge on any atom is -0.364 e. The van der Waals surface area contributed by atoms with E-state index in [1.165, 1.54) is 10.9 Å². The van der Waals surface area contributed by atoms with Crippen LogP contribution >= 0.6 is 0 Å². The van der Waals surface area contributed by atoms with E-state index in [2.05, 4.69) is 40.4 Å². The first kappa shape index (κ1) is 12.6. The maximum atomic E-state index is 4.45. The summed E-state index contributed by atoms with van der Waals surface area (Å²) in [5.41, 5.74) is 2.37. The fourth-order valence-corrected chi connectivity index (χ4v) is 2.38. The van der Waals surface area contributed by atoms with E-state index >= 15 is 0 Å². The summed E-state index contributed by atoms with van der Waals surface area (Å²) >= 11 is 0. The van der Waals surface area contributed by atoms with Crippen molar-refractivity contribution in [3.8, 4) is 0 Å². The van der Waals surface area contributed by atoms with Gasteiger partial charge in [-0.05, 0) is 29.5 Å². The normalized spacial score (nSPS) is 10.7. The van der Waals surface area contributed by atoms with Gasteiger partial charge in [0.2, 0.25) is 0 Å². The quantitative estimate of drug-likeness (QED) is 0.778. The number of benzene rings is 1. The molecule has 0 saturated heterocycles. The molecule has 0 bridgehead atoms. The van der Waals surface area contributed by atoms with Gasteiger partial charge in [-0.3, -0.25) is 4.98 Å². The first-order chi connectivity index (χ1) is 9.88. The lowest BCUT2D eigenvalue weighted by Crippen LogP contribution is -2.06. The van der Waals surface area contributed by atoms with Crippen molar-refractivity contribution in [2.75, 3.05) is 5.32 Å². The van der Waals surface area contributed by atoms with Gasteiger partial charge in [-0.25, -0.2) is 4.98 Å². The zero-order chi connectivity index (χ0) is 13.8. The SMILES string of the molecule is CCc1cccnc1CNc1nccc2ccccc12. The van der Waals surface area contributed by atoms with Crippen molar-refractivity contribution in [1.82, 2.24) is 9.97 Å². The van der Waals surface area contributed by atoms with E-state index in [9.17, 15) is 0 Å². The van der Waals surface area contributed by atoms with Crippen molar-refractivity contribution in [3.63, 3.8) is 0 Å². The zero-order valence-electron chi connectivity index (χ0n) is 11.5. The van der Waals surface area contributed by atoms with Crippen molar-refractivity contribution in [2.24, 2.45) is 0 Å². The third kappa shape index (κ3) is 2.48. The average molecular weight is 263 g/mol. The number of fused-ring (bicyclic) bond motifs is 1. The summed E-state index contributed by atoms with van der Waals surface area (Å²) in [5.74, 6) is 0.913. The van der Waals surface area contributed by atoms with E-state index in [1.54, 1.807) is 0 Å². The van der Waals surface area contributed by atoms with E-state index in [0.717, 1.165) is 23.3 Å². The molecule has 0 aliphatic carbocycles. The molecule has 0 aliphatic rings. The number of pyridine rings is 2. The summed E-state index contributed by atoms with van der Waals surface area (Å²) in [4.78, 5) is 8.89. The summed E-state index contributed by atoms with van der Waals surface area (Å²) in [7, 11) is 0. The number of aromatic nitrogens is 2. The molecule has 0 saturated carbocycles. The van der Waals surface area contributed by atoms with Gasteiger partial charge >= 0.3 is 0 Å². The maximum absolute atomic E-state index is 4.45. The van der Waals surface area contributed by atoms with Crippen LogP contribution in [0.5, 0.6) is 0 Å². The Kier molecular flexibility index (Phi) is 3.59. The van der Waals surface area contributed by atoms with E-state index in [-0.39, 0.29) is 0 Å². The minimum absolute atomic E-state index is 0.699. The summed E-state index contributed by atoms with van der Waals surface area (Å²) in [5, 5.41) is 5.74. The molecule has 0 spiro atoms. The van der Waals surface area contributed by atoms with E-state index in [0.29, 0.717) is 6.54 Å². The Labute approximate surface area is 118 Å². The Bertz CT molecular complexity index is 717. The molecule has 3 nitrogen and oxygen atoms in total. The third-order valence-electron chi connectivity index (χ3n) is 3.46. The van der Waals surface area contributed by atoms with Crippen LogP contribution in [0, 0.1) is 0 Å².